The SMILES string of the molecule is COC(=O)c1cc(OCC(=O)N2CCN(CCn3c(C(=O)OC(C)(C)C)c(CCCOc4cccc5ccccc45)c4ccc(Cl)c(-c5c(C)nn(C)c5C)c43)CC2)cc2[nH]c(C)nc12. The average Bonchev–Trinajstić information content (AvgIpc) is 3.90. The Hall–Kier alpha value is -6.38. The molecular weight excluding hydrogens is 846 g/mol. The van der Waals surface area contributed by atoms with E-state index >= 15 is 0 Å². The van der Waals surface area contributed by atoms with Gasteiger partial charge in [0.1, 0.15) is 34.1 Å². The number of hydrogen-bond acceptors (Lipinski definition) is 10. The maximum atomic E-state index is 14.6. The summed E-state index contributed by atoms with van der Waals surface area (Å²) < 4.78 is 27.4. The zero-order valence-corrected chi connectivity index (χ0v) is 39.1. The van der Waals surface area contributed by atoms with E-state index in [0.29, 0.717) is 92.0 Å². The predicted octanol–water partition coefficient (Wildman–Crippen LogP) is 8.63. The zero-order valence-electron chi connectivity index (χ0n) is 38.3. The first kappa shape index (κ1) is 45.2. The van der Waals surface area contributed by atoms with E-state index in [2.05, 4.69) is 37.6 Å². The summed E-state index contributed by atoms with van der Waals surface area (Å²) in [5, 5.41) is 8.40. The molecule has 0 radical (unpaired) electrons. The number of aryl methyl sites for hydroxylation is 4. The summed E-state index contributed by atoms with van der Waals surface area (Å²) in [6.07, 6.45) is 1.20. The third-order valence-corrected chi connectivity index (χ3v) is 12.3. The number of aromatic amines is 1. The first-order chi connectivity index (χ1) is 31.1. The second-order valence-corrected chi connectivity index (χ2v) is 18.0. The van der Waals surface area contributed by atoms with Crippen LogP contribution in [-0.2, 0) is 34.3 Å². The van der Waals surface area contributed by atoms with E-state index < -0.39 is 17.5 Å². The highest BCUT2D eigenvalue weighted by molar-refractivity contribution is 6.35. The van der Waals surface area contributed by atoms with E-state index in [9.17, 15) is 14.4 Å². The highest BCUT2D eigenvalue weighted by Gasteiger charge is 2.31. The van der Waals surface area contributed by atoms with Crippen molar-refractivity contribution in [3.05, 3.63) is 106 Å². The lowest BCUT2D eigenvalue weighted by Crippen LogP contribution is -2.50. The second kappa shape index (κ2) is 18.6. The van der Waals surface area contributed by atoms with Gasteiger partial charge in [0.2, 0.25) is 0 Å². The van der Waals surface area contributed by atoms with E-state index in [1.54, 1.807) is 24.0 Å². The fourth-order valence-corrected chi connectivity index (χ4v) is 9.16. The number of aromatic nitrogens is 5. The first-order valence-electron chi connectivity index (χ1n) is 22.0. The average molecular weight is 902 g/mol. The molecule has 340 valence electrons. The van der Waals surface area contributed by atoms with Crippen molar-refractivity contribution in [2.24, 2.45) is 7.05 Å². The molecule has 1 N–H and O–H groups in total. The van der Waals surface area contributed by atoms with Gasteiger partial charge >= 0.3 is 11.9 Å². The van der Waals surface area contributed by atoms with Gasteiger partial charge in [0, 0.05) is 80.0 Å². The molecule has 0 unspecified atom stereocenters. The Morgan fingerprint density at radius 3 is 2.34 bits per heavy atom. The normalized spacial score (nSPS) is 13.5. The molecule has 1 aliphatic heterocycles. The van der Waals surface area contributed by atoms with Crippen LogP contribution in [0.2, 0.25) is 5.02 Å². The van der Waals surface area contributed by atoms with Gasteiger partial charge in [-0.25, -0.2) is 14.6 Å². The number of ether oxygens (including phenoxy) is 4. The molecule has 1 aliphatic rings. The lowest BCUT2D eigenvalue weighted by Gasteiger charge is -2.35. The fraction of sp³-hybridized carbons (Fsp3) is 0.380. The third-order valence-electron chi connectivity index (χ3n) is 12.0. The number of esters is 2. The van der Waals surface area contributed by atoms with Crippen LogP contribution < -0.4 is 9.47 Å². The number of carbonyl (C=O) groups is 3. The van der Waals surface area contributed by atoms with Crippen LogP contribution in [-0.4, -0.2) is 111 Å². The van der Waals surface area contributed by atoms with Crippen molar-refractivity contribution >= 4 is 62.2 Å². The number of amides is 1. The van der Waals surface area contributed by atoms with Gasteiger partial charge in [-0.15, -0.1) is 0 Å². The highest BCUT2D eigenvalue weighted by Crippen LogP contribution is 2.42. The summed E-state index contributed by atoms with van der Waals surface area (Å²) in [5.41, 5.74) is 6.38. The second-order valence-electron chi connectivity index (χ2n) is 17.6. The Morgan fingerprint density at radius 1 is 0.862 bits per heavy atom. The molecule has 0 bridgehead atoms. The minimum Gasteiger partial charge on any atom is -0.493 e. The number of nitrogens with zero attached hydrogens (tertiary/aromatic N) is 6. The van der Waals surface area contributed by atoms with Crippen molar-refractivity contribution in [3.63, 3.8) is 0 Å². The standard InChI is InChI=1S/C50H56ClN7O7/c1-30-43(31(2)55(7)54-30)44-39(51)19-18-37-36(16-12-26-63-41-17-11-14-33-13-9-10-15-35(33)41)47(49(61)65-50(4,5)6)58(46(37)44)25-22-56-20-23-57(24-21-56)42(59)29-64-34-27-38(48(60)62-8)45-40(28-34)52-32(3)53-45/h9-11,13-15,17-19,27-28H,12,16,20-26,29H2,1-8H3,(H,52,53). The summed E-state index contributed by atoms with van der Waals surface area (Å²) >= 11 is 7.20. The number of benzene rings is 4. The van der Waals surface area contributed by atoms with Crippen LogP contribution in [0.1, 0.15) is 70.8 Å². The molecular formula is C50H56ClN7O7. The third kappa shape index (κ3) is 9.41. The number of fused-ring (bicyclic) bond motifs is 3. The van der Waals surface area contributed by atoms with Crippen molar-refractivity contribution in [1.82, 2.24) is 34.1 Å². The fourth-order valence-electron chi connectivity index (χ4n) is 8.92. The Morgan fingerprint density at radius 2 is 1.62 bits per heavy atom. The van der Waals surface area contributed by atoms with Crippen LogP contribution in [0.5, 0.6) is 11.5 Å². The number of hydrogen-bond donors (Lipinski definition) is 1. The predicted molar refractivity (Wildman–Crippen MR) is 252 cm³/mol. The van der Waals surface area contributed by atoms with E-state index in [1.807, 2.05) is 82.7 Å². The number of halogens is 1. The molecule has 0 atom stereocenters. The zero-order chi connectivity index (χ0) is 46.2. The van der Waals surface area contributed by atoms with E-state index in [4.69, 9.17) is 35.6 Å². The maximum absolute atomic E-state index is 14.6. The minimum atomic E-state index is -0.745. The topological polar surface area (TPSA) is 146 Å². The smallest absolute Gasteiger partial charge is 0.355 e. The van der Waals surface area contributed by atoms with Crippen molar-refractivity contribution < 1.29 is 33.3 Å². The summed E-state index contributed by atoms with van der Waals surface area (Å²) in [6.45, 7) is 15.0. The Labute approximate surface area is 383 Å². The molecule has 1 saturated heterocycles. The monoisotopic (exact) mass is 901 g/mol. The van der Waals surface area contributed by atoms with E-state index in [-0.39, 0.29) is 18.1 Å². The van der Waals surface area contributed by atoms with Crippen LogP contribution in [0.4, 0.5) is 0 Å². The van der Waals surface area contributed by atoms with Crippen LogP contribution in [0.25, 0.3) is 43.8 Å². The number of piperazine rings is 1. The number of rotatable bonds is 14. The molecule has 7 aromatic rings. The summed E-state index contributed by atoms with van der Waals surface area (Å²) in [5.74, 6) is 0.715. The minimum absolute atomic E-state index is 0.163. The summed E-state index contributed by atoms with van der Waals surface area (Å²) in [7, 11) is 3.23. The number of methoxy groups -OCH3 is 1. The van der Waals surface area contributed by atoms with Gasteiger partial charge in [-0.3, -0.25) is 14.4 Å². The van der Waals surface area contributed by atoms with Crippen molar-refractivity contribution in [1.29, 1.82) is 0 Å². The molecule has 3 aromatic heterocycles. The number of nitrogens with one attached hydrogen (secondary N) is 1. The molecule has 8 rings (SSSR count). The number of H-pyrrole nitrogens is 1. The van der Waals surface area contributed by atoms with Gasteiger partial charge in [0.05, 0.1) is 41.0 Å². The van der Waals surface area contributed by atoms with Crippen molar-refractivity contribution in [3.8, 4) is 22.6 Å². The van der Waals surface area contributed by atoms with Crippen LogP contribution in [0.15, 0.2) is 66.7 Å². The molecule has 65 heavy (non-hydrogen) atoms. The molecule has 0 spiro atoms. The molecule has 14 nitrogen and oxygen atoms in total. The Bertz CT molecular complexity index is 2930. The van der Waals surface area contributed by atoms with Gasteiger partial charge in [0.25, 0.3) is 5.91 Å². The highest BCUT2D eigenvalue weighted by atomic mass is 35.5. The van der Waals surface area contributed by atoms with Gasteiger partial charge in [-0.2, -0.15) is 5.10 Å². The van der Waals surface area contributed by atoms with Gasteiger partial charge in [-0.1, -0.05) is 54.1 Å². The lowest BCUT2D eigenvalue weighted by atomic mass is 9.98. The van der Waals surface area contributed by atoms with E-state index in [1.165, 1.54) is 7.11 Å². The quantitative estimate of drug-likeness (QED) is 0.0832. The molecule has 0 saturated carbocycles. The molecule has 15 heteroatoms. The van der Waals surface area contributed by atoms with Crippen LogP contribution in [0, 0.1) is 20.8 Å². The number of carbonyl (C=O) groups excluding carboxylic acids is 3. The van der Waals surface area contributed by atoms with Gasteiger partial charge < -0.3 is 33.4 Å². The lowest BCUT2D eigenvalue weighted by molar-refractivity contribution is -0.135. The maximum Gasteiger partial charge on any atom is 0.355 e. The molecule has 4 heterocycles. The molecule has 1 amide bonds. The molecule has 1 fully saturated rings. The molecule has 0 aliphatic carbocycles. The Kier molecular flexibility index (Phi) is 12.9. The Balaban J connectivity index is 1.05. The number of imidazole rings is 1. The van der Waals surface area contributed by atoms with Gasteiger partial charge in [-0.05, 0) is 83.5 Å². The summed E-state index contributed by atoms with van der Waals surface area (Å²) in [6, 6.07) is 21.4. The van der Waals surface area contributed by atoms with E-state index in [0.717, 1.165) is 55.5 Å². The summed E-state index contributed by atoms with van der Waals surface area (Å²) in [4.78, 5) is 52.2. The first-order valence-corrected chi connectivity index (χ1v) is 22.4. The molecule has 4 aromatic carbocycles. The van der Waals surface area contributed by atoms with Crippen LogP contribution >= 0.6 is 11.6 Å². The largest absolute Gasteiger partial charge is 0.493 e. The van der Waals surface area contributed by atoms with Crippen LogP contribution in [0.3, 0.4) is 0 Å². The van der Waals surface area contributed by atoms with Crippen molar-refractivity contribution in [2.75, 3.05) is 53.0 Å². The van der Waals surface area contributed by atoms with Gasteiger partial charge in [0.15, 0.2) is 6.61 Å². The van der Waals surface area contributed by atoms with Crippen molar-refractivity contribution in [2.45, 2.75) is 66.5 Å².